The molecule has 21 heavy (non-hydrogen) atoms. The molecule has 106 valence electrons. The van der Waals surface area contributed by atoms with Gasteiger partial charge in [-0.05, 0) is 34.1 Å². The standard InChI is InChI=1S/C13H5BrF2N2O3/c14-9-4-11(18(19)20)13(5-10(9)16)21-12-2-1-8(15)3-7(12)6-17/h1-5H. The van der Waals surface area contributed by atoms with Crippen molar-refractivity contribution < 1.29 is 18.4 Å². The predicted molar refractivity (Wildman–Crippen MR) is 71.9 cm³/mol. The predicted octanol–water partition coefficient (Wildman–Crippen LogP) is 4.30. The summed E-state index contributed by atoms with van der Waals surface area (Å²) in [7, 11) is 0. The smallest absolute Gasteiger partial charge is 0.312 e. The van der Waals surface area contributed by atoms with Crippen LogP contribution in [-0.2, 0) is 0 Å². The van der Waals surface area contributed by atoms with Crippen LogP contribution in [0.15, 0.2) is 34.8 Å². The number of nitro benzene ring substituents is 1. The molecule has 0 fully saturated rings. The second kappa shape index (κ2) is 5.85. The largest absolute Gasteiger partial charge is 0.449 e. The Kier molecular flexibility index (Phi) is 4.14. The van der Waals surface area contributed by atoms with Crippen molar-refractivity contribution in [1.29, 1.82) is 5.26 Å². The van der Waals surface area contributed by atoms with Crippen LogP contribution >= 0.6 is 15.9 Å². The SMILES string of the molecule is N#Cc1cc(F)ccc1Oc1cc(F)c(Br)cc1[N+](=O)[O-]. The van der Waals surface area contributed by atoms with Gasteiger partial charge in [0.15, 0.2) is 0 Å². The minimum Gasteiger partial charge on any atom is -0.449 e. The summed E-state index contributed by atoms with van der Waals surface area (Å²) >= 11 is 2.83. The number of nitro groups is 1. The lowest BCUT2D eigenvalue weighted by molar-refractivity contribution is -0.385. The van der Waals surface area contributed by atoms with Crippen molar-refractivity contribution in [2.75, 3.05) is 0 Å². The molecule has 0 N–H and O–H groups in total. The first kappa shape index (κ1) is 14.9. The summed E-state index contributed by atoms with van der Waals surface area (Å²) in [6.07, 6.45) is 0. The molecule has 0 atom stereocenters. The number of rotatable bonds is 3. The van der Waals surface area contributed by atoms with Crippen LogP contribution in [-0.4, -0.2) is 4.92 Å². The maximum Gasteiger partial charge on any atom is 0.312 e. The third-order valence-electron chi connectivity index (χ3n) is 2.48. The number of hydrogen-bond donors (Lipinski definition) is 0. The highest BCUT2D eigenvalue weighted by Gasteiger charge is 2.20. The molecule has 5 nitrogen and oxygen atoms in total. The first-order valence-electron chi connectivity index (χ1n) is 5.43. The van der Waals surface area contributed by atoms with Crippen LogP contribution in [0.3, 0.4) is 0 Å². The summed E-state index contributed by atoms with van der Waals surface area (Å²) < 4.78 is 31.6. The van der Waals surface area contributed by atoms with Crippen molar-refractivity contribution >= 4 is 21.6 Å². The molecular formula is C13H5BrF2N2O3. The minimum absolute atomic E-state index is 0.0961. The Morgan fingerprint density at radius 3 is 2.57 bits per heavy atom. The van der Waals surface area contributed by atoms with Crippen molar-refractivity contribution in [3.05, 3.63) is 62.1 Å². The monoisotopic (exact) mass is 354 g/mol. The van der Waals surface area contributed by atoms with E-state index in [0.29, 0.717) is 0 Å². The van der Waals surface area contributed by atoms with Gasteiger partial charge in [-0.3, -0.25) is 10.1 Å². The maximum atomic E-state index is 13.5. The van der Waals surface area contributed by atoms with Crippen LogP contribution < -0.4 is 4.74 Å². The fraction of sp³-hybridized carbons (Fsp3) is 0. The number of nitrogens with zero attached hydrogens (tertiary/aromatic N) is 2. The maximum absolute atomic E-state index is 13.5. The van der Waals surface area contributed by atoms with E-state index in [9.17, 15) is 18.9 Å². The fourth-order valence-electron chi connectivity index (χ4n) is 1.54. The van der Waals surface area contributed by atoms with E-state index in [0.717, 1.165) is 30.3 Å². The van der Waals surface area contributed by atoms with Crippen LogP contribution in [0.4, 0.5) is 14.5 Å². The zero-order valence-corrected chi connectivity index (χ0v) is 11.7. The zero-order chi connectivity index (χ0) is 15.6. The summed E-state index contributed by atoms with van der Waals surface area (Å²) in [5.74, 6) is -1.92. The van der Waals surface area contributed by atoms with E-state index in [1.807, 2.05) is 0 Å². The molecule has 0 aliphatic rings. The molecule has 0 spiro atoms. The van der Waals surface area contributed by atoms with Gasteiger partial charge in [0.2, 0.25) is 5.75 Å². The molecule has 0 heterocycles. The Balaban J connectivity index is 2.52. The lowest BCUT2D eigenvalue weighted by Gasteiger charge is -2.08. The van der Waals surface area contributed by atoms with Gasteiger partial charge >= 0.3 is 5.69 Å². The lowest BCUT2D eigenvalue weighted by atomic mass is 10.2. The third kappa shape index (κ3) is 3.14. The third-order valence-corrected chi connectivity index (χ3v) is 3.09. The Morgan fingerprint density at radius 2 is 1.95 bits per heavy atom. The number of benzene rings is 2. The molecule has 0 saturated heterocycles. The topological polar surface area (TPSA) is 76.2 Å². The average Bonchev–Trinajstić information content (AvgIpc) is 2.44. The van der Waals surface area contributed by atoms with Crippen LogP contribution in [0, 0.1) is 33.1 Å². The van der Waals surface area contributed by atoms with Gasteiger partial charge in [-0.15, -0.1) is 0 Å². The van der Waals surface area contributed by atoms with Gasteiger partial charge in [-0.2, -0.15) is 5.26 Å². The molecule has 0 aliphatic heterocycles. The van der Waals surface area contributed by atoms with Gasteiger partial charge in [0.05, 0.1) is 15.0 Å². The highest BCUT2D eigenvalue weighted by Crippen LogP contribution is 2.36. The van der Waals surface area contributed by atoms with E-state index in [2.05, 4.69) is 15.9 Å². The first-order chi connectivity index (χ1) is 9.92. The van der Waals surface area contributed by atoms with Gasteiger partial charge in [0, 0.05) is 12.1 Å². The van der Waals surface area contributed by atoms with Crippen molar-refractivity contribution in [2.24, 2.45) is 0 Å². The highest BCUT2D eigenvalue weighted by atomic mass is 79.9. The summed E-state index contributed by atoms with van der Waals surface area (Å²) in [6, 6.07) is 6.52. The van der Waals surface area contributed by atoms with Gasteiger partial charge in [-0.25, -0.2) is 8.78 Å². The molecule has 8 heteroatoms. The molecular weight excluding hydrogens is 350 g/mol. The molecule has 0 saturated carbocycles. The lowest BCUT2D eigenvalue weighted by Crippen LogP contribution is -1.96. The summed E-state index contributed by atoms with van der Waals surface area (Å²) in [5.41, 5.74) is -0.649. The normalized spacial score (nSPS) is 10.0. The molecule has 0 unspecified atom stereocenters. The number of halogens is 3. The Morgan fingerprint density at radius 1 is 1.24 bits per heavy atom. The number of nitriles is 1. The van der Waals surface area contributed by atoms with E-state index in [-0.39, 0.29) is 21.5 Å². The first-order valence-corrected chi connectivity index (χ1v) is 6.22. The van der Waals surface area contributed by atoms with Gasteiger partial charge in [-0.1, -0.05) is 0 Å². The molecule has 2 aromatic carbocycles. The van der Waals surface area contributed by atoms with Crippen molar-refractivity contribution in [1.82, 2.24) is 0 Å². The molecule has 0 amide bonds. The number of hydrogen-bond acceptors (Lipinski definition) is 4. The van der Waals surface area contributed by atoms with E-state index in [1.165, 1.54) is 0 Å². The zero-order valence-electron chi connectivity index (χ0n) is 10.1. The van der Waals surface area contributed by atoms with Crippen molar-refractivity contribution in [3.8, 4) is 17.6 Å². The van der Waals surface area contributed by atoms with Gasteiger partial charge in [0.1, 0.15) is 23.5 Å². The Bertz CT molecular complexity index is 775. The van der Waals surface area contributed by atoms with Crippen LogP contribution in [0.25, 0.3) is 0 Å². The van der Waals surface area contributed by atoms with Crippen LogP contribution in [0.2, 0.25) is 0 Å². The van der Waals surface area contributed by atoms with E-state index in [4.69, 9.17) is 10.00 Å². The average molecular weight is 355 g/mol. The van der Waals surface area contributed by atoms with Crippen LogP contribution in [0.5, 0.6) is 11.5 Å². The Hall–Kier alpha value is -2.53. The van der Waals surface area contributed by atoms with Gasteiger partial charge in [0.25, 0.3) is 0 Å². The molecule has 0 bridgehead atoms. The molecule has 2 aromatic rings. The Labute approximate surface area is 125 Å². The number of ether oxygens (including phenoxy) is 1. The summed E-state index contributed by atoms with van der Waals surface area (Å²) in [5, 5.41) is 19.8. The summed E-state index contributed by atoms with van der Waals surface area (Å²) in [6.45, 7) is 0. The van der Waals surface area contributed by atoms with Crippen molar-refractivity contribution in [3.63, 3.8) is 0 Å². The second-order valence-electron chi connectivity index (χ2n) is 3.85. The molecule has 0 aromatic heterocycles. The van der Waals surface area contributed by atoms with Gasteiger partial charge < -0.3 is 4.74 Å². The van der Waals surface area contributed by atoms with E-state index in [1.54, 1.807) is 6.07 Å². The molecule has 0 radical (unpaired) electrons. The van der Waals surface area contributed by atoms with E-state index < -0.39 is 22.2 Å². The van der Waals surface area contributed by atoms with Crippen molar-refractivity contribution in [2.45, 2.75) is 0 Å². The quantitative estimate of drug-likeness (QED) is 0.608. The molecule has 2 rings (SSSR count). The second-order valence-corrected chi connectivity index (χ2v) is 4.70. The van der Waals surface area contributed by atoms with Crippen LogP contribution in [0.1, 0.15) is 5.56 Å². The highest BCUT2D eigenvalue weighted by molar-refractivity contribution is 9.10. The van der Waals surface area contributed by atoms with E-state index >= 15 is 0 Å². The summed E-state index contributed by atoms with van der Waals surface area (Å²) in [4.78, 5) is 10.2. The fourth-order valence-corrected chi connectivity index (χ4v) is 1.87. The minimum atomic E-state index is -0.767. The molecule has 0 aliphatic carbocycles.